The second-order valence-corrected chi connectivity index (χ2v) is 16.2. The normalized spacial score (nSPS) is 10.8. The van der Waals surface area contributed by atoms with Crippen molar-refractivity contribution in [1.82, 2.24) is 9.55 Å². The van der Waals surface area contributed by atoms with Crippen LogP contribution in [0.15, 0.2) is 170 Å². The Balaban J connectivity index is 0.000000241. The van der Waals surface area contributed by atoms with Crippen LogP contribution in [0.25, 0.3) is 33.2 Å². The van der Waals surface area contributed by atoms with Gasteiger partial charge in [-0.3, -0.25) is 0 Å². The van der Waals surface area contributed by atoms with Crippen LogP contribution in [0.5, 0.6) is 0 Å². The van der Waals surface area contributed by atoms with Gasteiger partial charge in [-0.05, 0) is 70.2 Å². The van der Waals surface area contributed by atoms with Gasteiger partial charge in [0.05, 0.1) is 11.0 Å². The Bertz CT molecular complexity index is 2330. The molecule has 0 saturated carbocycles. The summed E-state index contributed by atoms with van der Waals surface area (Å²) < 4.78 is 2.42. The third-order valence-corrected chi connectivity index (χ3v) is 10.7. The van der Waals surface area contributed by atoms with Crippen molar-refractivity contribution in [3.05, 3.63) is 236 Å². The number of para-hydroxylation sites is 1. The van der Waals surface area contributed by atoms with Gasteiger partial charge < -0.3 is 11.5 Å². The number of aromatic nitrogens is 2. The molecule has 1 aromatic heterocycles. The zero-order valence-electron chi connectivity index (χ0n) is 38.4. The molecule has 2 nitrogen and oxygen atoms in total. The van der Waals surface area contributed by atoms with E-state index < -0.39 is 0 Å². The van der Waals surface area contributed by atoms with Gasteiger partial charge in [-0.25, -0.2) is 4.98 Å². The minimum absolute atomic E-state index is 0. The molecule has 62 heavy (non-hydrogen) atoms. The number of hydrogen-bond donors (Lipinski definition) is 0. The molecule has 0 spiro atoms. The molecule has 8 rings (SSSR count). The van der Waals surface area contributed by atoms with Crippen molar-refractivity contribution in [2.45, 2.75) is 92.0 Å². The summed E-state index contributed by atoms with van der Waals surface area (Å²) in [6.07, 6.45) is 3.20. The van der Waals surface area contributed by atoms with E-state index in [1.807, 2.05) is 91.0 Å². The number of nitrogens with zero attached hydrogens (tertiary/aromatic N) is 2. The van der Waals surface area contributed by atoms with Gasteiger partial charge in [0.25, 0.3) is 0 Å². The second kappa shape index (κ2) is 26.9. The average molecular weight is 984 g/mol. The molecule has 0 bridgehead atoms. The molecule has 1 heterocycles. The summed E-state index contributed by atoms with van der Waals surface area (Å²) in [6.45, 7) is 32.0. The van der Waals surface area contributed by atoms with E-state index in [9.17, 15) is 0 Å². The maximum absolute atomic E-state index is 5.19. The molecule has 318 valence electrons. The molecular weight excluding hydrogens is 915 g/mol. The number of hydrogen-bond acceptors (Lipinski definition) is 1. The van der Waals surface area contributed by atoms with Gasteiger partial charge in [0, 0.05) is 12.1 Å². The van der Waals surface area contributed by atoms with Gasteiger partial charge in [-0.15, -0.1) is 36.4 Å². The van der Waals surface area contributed by atoms with Crippen molar-refractivity contribution in [3.63, 3.8) is 0 Å². The molecule has 1 unspecified atom stereocenters. The summed E-state index contributed by atoms with van der Waals surface area (Å²) in [6, 6.07) is 58.0. The Hall–Kier alpha value is -5.25. The standard InChI is InChI=1S/C25H27N2.C13H20.3C7H7.Hf/c1-4-6-17-27-23-16-10-14-20(18(3)5-2)24(23)26-25(27)22-15-9-12-19-11-7-8-13-21(19)22;1-9(2)12-7-6-8-13(10(3)4)11(12)5;3*1-7-5-3-2-4-6-7;/h7-16,18H,2,4-6,17H2,1,3H3;6-10H,1-5H3;3*2-6H,1H2;/q-1;;3*-1;+4. The number of benzene rings is 7. The zero-order chi connectivity index (χ0) is 44.1. The van der Waals surface area contributed by atoms with E-state index in [4.69, 9.17) is 4.98 Å². The van der Waals surface area contributed by atoms with E-state index in [1.165, 1.54) is 50.5 Å². The van der Waals surface area contributed by atoms with Crippen molar-refractivity contribution in [1.29, 1.82) is 0 Å². The first kappa shape index (κ1) is 51.1. The van der Waals surface area contributed by atoms with Crippen molar-refractivity contribution in [2.75, 3.05) is 0 Å². The Morgan fingerprint density at radius 2 is 0.968 bits per heavy atom. The monoisotopic (exact) mass is 984 g/mol. The average Bonchev–Trinajstić information content (AvgIpc) is 3.65. The van der Waals surface area contributed by atoms with Gasteiger partial charge in [0.15, 0.2) is 0 Å². The minimum Gasteiger partial charge on any atom is -0.343 e. The maximum atomic E-state index is 5.19. The van der Waals surface area contributed by atoms with Crippen LogP contribution in [0.3, 0.4) is 0 Å². The summed E-state index contributed by atoms with van der Waals surface area (Å²) in [5.74, 6) is 2.76. The van der Waals surface area contributed by atoms with Crippen LogP contribution >= 0.6 is 0 Å². The molecule has 1 atom stereocenters. The molecule has 7 aromatic carbocycles. The Morgan fingerprint density at radius 3 is 1.42 bits per heavy atom. The fraction of sp³-hybridized carbons (Fsp3) is 0.237. The van der Waals surface area contributed by atoms with E-state index in [0.717, 1.165) is 47.4 Å². The molecule has 0 N–H and O–H groups in total. The van der Waals surface area contributed by atoms with E-state index in [1.54, 1.807) is 0 Å². The molecule has 0 radical (unpaired) electrons. The molecule has 8 aromatic rings. The van der Waals surface area contributed by atoms with Crippen molar-refractivity contribution in [2.24, 2.45) is 0 Å². The molecule has 0 amide bonds. The minimum atomic E-state index is 0. The van der Waals surface area contributed by atoms with Gasteiger partial charge in [-0.1, -0.05) is 139 Å². The number of unbranched alkanes of at least 4 members (excludes halogenated alkanes) is 1. The van der Waals surface area contributed by atoms with Crippen molar-refractivity contribution in [3.8, 4) is 11.4 Å². The molecular formula is C59H68HfN2. The fourth-order valence-electron chi connectivity index (χ4n) is 7.25. The third-order valence-electron chi connectivity index (χ3n) is 10.7. The fourth-order valence-corrected chi connectivity index (χ4v) is 7.25. The smallest absolute Gasteiger partial charge is 0.343 e. The SMILES string of the molecule is Cc1c(C(C)C)cccc1C(C)C.[CH2-]CC(C)c1cccc2c1nc(-c1cccc3ccccc13)n2CCCC.[CH2-]c1ccccc1.[CH2-]c1ccccc1.[CH2-]c1ccccc1.[Hf+4]. The predicted molar refractivity (Wildman–Crippen MR) is 268 cm³/mol. The Labute approximate surface area is 394 Å². The van der Waals surface area contributed by atoms with Crippen LogP contribution < -0.4 is 0 Å². The molecule has 0 aliphatic rings. The van der Waals surface area contributed by atoms with E-state index in [0.29, 0.717) is 17.8 Å². The predicted octanol–water partition coefficient (Wildman–Crippen LogP) is 16.8. The summed E-state index contributed by atoms with van der Waals surface area (Å²) in [4.78, 5) is 5.19. The molecule has 0 aliphatic heterocycles. The van der Waals surface area contributed by atoms with E-state index >= 15 is 0 Å². The Kier molecular flexibility index (Phi) is 22.2. The number of fused-ring (bicyclic) bond motifs is 2. The zero-order valence-corrected chi connectivity index (χ0v) is 42.0. The number of imidazole rings is 1. The van der Waals surface area contributed by atoms with E-state index in [2.05, 4.69) is 160 Å². The number of aryl methyl sites for hydroxylation is 1. The van der Waals surface area contributed by atoms with Gasteiger partial charge in [0.1, 0.15) is 5.82 Å². The van der Waals surface area contributed by atoms with Crippen LogP contribution in [0.2, 0.25) is 0 Å². The first-order chi connectivity index (χ1) is 29.5. The molecule has 0 saturated heterocycles. The first-order valence-electron chi connectivity index (χ1n) is 21.9. The second-order valence-electron chi connectivity index (χ2n) is 16.2. The van der Waals surface area contributed by atoms with Crippen LogP contribution in [-0.4, -0.2) is 9.55 Å². The maximum Gasteiger partial charge on any atom is 4.00 e. The van der Waals surface area contributed by atoms with Crippen LogP contribution in [0.1, 0.15) is 118 Å². The van der Waals surface area contributed by atoms with Crippen LogP contribution in [-0.2, 0) is 32.4 Å². The molecule has 3 heteroatoms. The largest absolute Gasteiger partial charge is 4.00 e. The van der Waals surface area contributed by atoms with Gasteiger partial charge in [0.2, 0.25) is 0 Å². The summed E-state index contributed by atoms with van der Waals surface area (Å²) in [5, 5.41) is 2.52. The summed E-state index contributed by atoms with van der Waals surface area (Å²) in [5.41, 5.74) is 12.6. The Morgan fingerprint density at radius 1 is 0.532 bits per heavy atom. The van der Waals surface area contributed by atoms with Crippen LogP contribution in [0.4, 0.5) is 0 Å². The molecule has 0 aliphatic carbocycles. The van der Waals surface area contributed by atoms with Crippen LogP contribution in [0, 0.1) is 34.6 Å². The number of rotatable bonds is 8. The first-order valence-corrected chi connectivity index (χ1v) is 21.9. The molecule has 0 fully saturated rings. The van der Waals surface area contributed by atoms with Gasteiger partial charge in [-0.2, -0.15) is 80.3 Å². The van der Waals surface area contributed by atoms with E-state index in [-0.39, 0.29) is 25.8 Å². The summed E-state index contributed by atoms with van der Waals surface area (Å²) in [7, 11) is 0. The van der Waals surface area contributed by atoms with Crippen molar-refractivity contribution < 1.29 is 25.8 Å². The third kappa shape index (κ3) is 15.3. The van der Waals surface area contributed by atoms with Gasteiger partial charge >= 0.3 is 25.8 Å². The topological polar surface area (TPSA) is 17.8 Å². The quantitative estimate of drug-likeness (QED) is 0.110. The summed E-state index contributed by atoms with van der Waals surface area (Å²) >= 11 is 0. The van der Waals surface area contributed by atoms with Crippen molar-refractivity contribution >= 4 is 21.8 Å².